The van der Waals surface area contributed by atoms with Crippen LogP contribution >= 0.6 is 0 Å². The average molecular weight is 277 g/mol. The summed E-state index contributed by atoms with van der Waals surface area (Å²) >= 11 is 0. The third kappa shape index (κ3) is 3.73. The van der Waals surface area contributed by atoms with Crippen molar-refractivity contribution in [2.24, 2.45) is 5.92 Å². The highest BCUT2D eigenvalue weighted by molar-refractivity contribution is 5.94. The minimum absolute atomic E-state index is 0.0325. The Labute approximate surface area is 120 Å². The number of rotatable bonds is 5. The third-order valence-electron chi connectivity index (χ3n) is 3.62. The number of likely N-dealkylation sites (tertiary alicyclic amines) is 1. The summed E-state index contributed by atoms with van der Waals surface area (Å²) in [4.78, 5) is 14.3. The summed E-state index contributed by atoms with van der Waals surface area (Å²) in [7, 11) is 0. The number of carbonyl (C=O) groups is 1. The summed E-state index contributed by atoms with van der Waals surface area (Å²) in [6.07, 6.45) is 2.91. The van der Waals surface area contributed by atoms with E-state index < -0.39 is 0 Å². The van der Waals surface area contributed by atoms with E-state index in [1.54, 1.807) is 6.07 Å². The number of benzene rings is 1. The molecular formula is C16H23NO3. The monoisotopic (exact) mass is 277 g/mol. The quantitative estimate of drug-likeness (QED) is 0.898. The number of hydrogen-bond donors (Lipinski definition) is 1. The van der Waals surface area contributed by atoms with E-state index in [1.807, 2.05) is 23.1 Å². The maximum atomic E-state index is 12.5. The molecule has 0 bridgehead atoms. The third-order valence-corrected chi connectivity index (χ3v) is 3.62. The Morgan fingerprint density at radius 1 is 1.50 bits per heavy atom. The van der Waals surface area contributed by atoms with Gasteiger partial charge >= 0.3 is 0 Å². The Kier molecular flexibility index (Phi) is 5.41. The van der Waals surface area contributed by atoms with Gasteiger partial charge in [-0.05, 0) is 43.4 Å². The molecule has 0 radical (unpaired) electrons. The van der Waals surface area contributed by atoms with Gasteiger partial charge in [0.2, 0.25) is 0 Å². The van der Waals surface area contributed by atoms with Gasteiger partial charge in [0, 0.05) is 25.3 Å². The molecule has 1 saturated heterocycles. The van der Waals surface area contributed by atoms with Crippen molar-refractivity contribution in [1.82, 2.24) is 4.90 Å². The van der Waals surface area contributed by atoms with Gasteiger partial charge in [-0.1, -0.05) is 13.0 Å². The zero-order valence-electron chi connectivity index (χ0n) is 12.0. The van der Waals surface area contributed by atoms with Crippen LogP contribution in [0.4, 0.5) is 0 Å². The number of hydrogen-bond acceptors (Lipinski definition) is 3. The maximum Gasteiger partial charge on any atom is 0.253 e. The van der Waals surface area contributed by atoms with Gasteiger partial charge in [0.1, 0.15) is 5.75 Å². The van der Waals surface area contributed by atoms with Gasteiger partial charge in [0.25, 0.3) is 5.91 Å². The highest BCUT2D eigenvalue weighted by Gasteiger charge is 2.24. The number of aliphatic hydroxyl groups is 1. The van der Waals surface area contributed by atoms with Crippen molar-refractivity contribution < 1.29 is 14.6 Å². The lowest BCUT2D eigenvalue weighted by atomic mass is 9.98. The number of carbonyl (C=O) groups excluding carboxylic acids is 1. The number of aliphatic hydroxyl groups excluding tert-OH is 1. The van der Waals surface area contributed by atoms with Crippen LogP contribution in [0.2, 0.25) is 0 Å². The zero-order chi connectivity index (χ0) is 14.4. The van der Waals surface area contributed by atoms with E-state index in [9.17, 15) is 9.90 Å². The molecule has 0 saturated carbocycles. The minimum Gasteiger partial charge on any atom is -0.494 e. The standard InChI is InChI=1S/C16H23NO3/c1-2-9-20-15-7-3-6-14(10-15)16(19)17-8-4-5-13(11-17)12-18/h3,6-7,10,13,18H,2,4-5,8-9,11-12H2,1H3. The van der Waals surface area contributed by atoms with Crippen molar-refractivity contribution in [3.63, 3.8) is 0 Å². The van der Waals surface area contributed by atoms with E-state index >= 15 is 0 Å². The average Bonchev–Trinajstić information content (AvgIpc) is 2.52. The van der Waals surface area contributed by atoms with Gasteiger partial charge in [-0.25, -0.2) is 0 Å². The van der Waals surface area contributed by atoms with E-state index in [2.05, 4.69) is 6.92 Å². The fourth-order valence-electron chi connectivity index (χ4n) is 2.52. The smallest absolute Gasteiger partial charge is 0.253 e. The van der Waals surface area contributed by atoms with Crippen LogP contribution in [-0.2, 0) is 0 Å². The van der Waals surface area contributed by atoms with Crippen LogP contribution < -0.4 is 4.74 Å². The van der Waals surface area contributed by atoms with Gasteiger partial charge in [-0.2, -0.15) is 0 Å². The van der Waals surface area contributed by atoms with Crippen molar-refractivity contribution in [1.29, 1.82) is 0 Å². The summed E-state index contributed by atoms with van der Waals surface area (Å²) < 4.78 is 5.56. The number of ether oxygens (including phenoxy) is 1. The predicted molar refractivity (Wildman–Crippen MR) is 77.9 cm³/mol. The Hall–Kier alpha value is -1.55. The second-order valence-corrected chi connectivity index (χ2v) is 5.32. The van der Waals surface area contributed by atoms with Crippen molar-refractivity contribution in [2.45, 2.75) is 26.2 Å². The van der Waals surface area contributed by atoms with E-state index in [4.69, 9.17) is 4.74 Å². The van der Waals surface area contributed by atoms with Gasteiger partial charge < -0.3 is 14.7 Å². The van der Waals surface area contributed by atoms with Crippen LogP contribution in [0, 0.1) is 5.92 Å². The normalized spacial score (nSPS) is 18.9. The largest absolute Gasteiger partial charge is 0.494 e. The molecule has 2 rings (SSSR count). The molecule has 1 aromatic carbocycles. The molecule has 4 nitrogen and oxygen atoms in total. The highest BCUT2D eigenvalue weighted by atomic mass is 16.5. The number of nitrogens with zero attached hydrogens (tertiary/aromatic N) is 1. The summed E-state index contributed by atoms with van der Waals surface area (Å²) in [5, 5.41) is 9.24. The maximum absolute atomic E-state index is 12.5. The zero-order valence-corrected chi connectivity index (χ0v) is 12.0. The molecule has 0 aliphatic carbocycles. The molecule has 1 aliphatic rings. The van der Waals surface area contributed by atoms with E-state index in [1.165, 1.54) is 0 Å². The molecule has 110 valence electrons. The Morgan fingerprint density at radius 3 is 3.10 bits per heavy atom. The highest BCUT2D eigenvalue weighted by Crippen LogP contribution is 2.20. The number of amides is 1. The first-order valence-corrected chi connectivity index (χ1v) is 7.37. The van der Waals surface area contributed by atoms with Crippen LogP contribution in [0.5, 0.6) is 5.75 Å². The molecule has 1 aromatic rings. The van der Waals surface area contributed by atoms with E-state index in [0.717, 1.165) is 31.6 Å². The molecule has 1 unspecified atom stereocenters. The van der Waals surface area contributed by atoms with Gasteiger partial charge in [0.05, 0.1) is 6.61 Å². The minimum atomic E-state index is 0.0325. The fraction of sp³-hybridized carbons (Fsp3) is 0.562. The molecule has 0 aromatic heterocycles. The second-order valence-electron chi connectivity index (χ2n) is 5.32. The van der Waals surface area contributed by atoms with E-state index in [0.29, 0.717) is 18.7 Å². The summed E-state index contributed by atoms with van der Waals surface area (Å²) in [6, 6.07) is 7.36. The predicted octanol–water partition coefficient (Wildman–Crippen LogP) is 2.32. The summed E-state index contributed by atoms with van der Waals surface area (Å²) in [6.45, 7) is 4.29. The Balaban J connectivity index is 2.04. The Bertz CT molecular complexity index is 447. The molecule has 1 aliphatic heterocycles. The Morgan fingerprint density at radius 2 is 2.35 bits per heavy atom. The van der Waals surface area contributed by atoms with Crippen LogP contribution in [0.15, 0.2) is 24.3 Å². The molecule has 0 spiro atoms. The van der Waals surface area contributed by atoms with Crippen molar-refractivity contribution in [3.05, 3.63) is 29.8 Å². The molecule has 20 heavy (non-hydrogen) atoms. The molecule has 1 heterocycles. The van der Waals surface area contributed by atoms with Crippen molar-refractivity contribution in [3.8, 4) is 5.75 Å². The van der Waals surface area contributed by atoms with Crippen LogP contribution in [0.1, 0.15) is 36.5 Å². The lowest BCUT2D eigenvalue weighted by molar-refractivity contribution is 0.0620. The molecule has 1 atom stereocenters. The molecule has 1 amide bonds. The summed E-state index contributed by atoms with van der Waals surface area (Å²) in [5.41, 5.74) is 0.664. The van der Waals surface area contributed by atoms with Crippen LogP contribution in [0.3, 0.4) is 0 Å². The molecule has 1 fully saturated rings. The first-order valence-electron chi connectivity index (χ1n) is 7.37. The first kappa shape index (κ1) is 14.9. The number of piperidine rings is 1. The SMILES string of the molecule is CCCOc1cccc(C(=O)N2CCCC(CO)C2)c1. The lowest BCUT2D eigenvalue weighted by Gasteiger charge is -2.32. The van der Waals surface area contributed by atoms with Crippen molar-refractivity contribution >= 4 is 5.91 Å². The topological polar surface area (TPSA) is 49.8 Å². The van der Waals surface area contributed by atoms with Crippen LogP contribution in [-0.4, -0.2) is 42.2 Å². The molecular weight excluding hydrogens is 254 g/mol. The molecule has 4 heteroatoms. The second kappa shape index (κ2) is 7.29. The molecule has 1 N–H and O–H groups in total. The van der Waals surface area contributed by atoms with Gasteiger partial charge in [-0.15, -0.1) is 0 Å². The van der Waals surface area contributed by atoms with Gasteiger partial charge in [0.15, 0.2) is 0 Å². The lowest BCUT2D eigenvalue weighted by Crippen LogP contribution is -2.40. The van der Waals surface area contributed by atoms with Crippen LogP contribution in [0.25, 0.3) is 0 Å². The first-order chi connectivity index (χ1) is 9.74. The van der Waals surface area contributed by atoms with Crippen molar-refractivity contribution in [2.75, 3.05) is 26.3 Å². The van der Waals surface area contributed by atoms with Gasteiger partial charge in [-0.3, -0.25) is 4.79 Å². The fourth-order valence-corrected chi connectivity index (χ4v) is 2.52. The summed E-state index contributed by atoms with van der Waals surface area (Å²) in [5.74, 6) is 0.991. The van der Waals surface area contributed by atoms with E-state index in [-0.39, 0.29) is 18.4 Å².